The monoisotopic (exact) mass is 647 g/mol. The van der Waals surface area contributed by atoms with Gasteiger partial charge in [0.05, 0.1) is 30.9 Å². The van der Waals surface area contributed by atoms with Gasteiger partial charge in [-0.25, -0.2) is 4.79 Å². The number of carbonyl (C=O) groups excluding carboxylic acids is 2. The van der Waals surface area contributed by atoms with E-state index >= 15 is 0 Å². The molecule has 1 aliphatic carbocycles. The van der Waals surface area contributed by atoms with Gasteiger partial charge in [0.2, 0.25) is 0 Å². The highest BCUT2D eigenvalue weighted by molar-refractivity contribution is 9.10. The summed E-state index contributed by atoms with van der Waals surface area (Å²) >= 11 is 3.43. The molecule has 43 heavy (non-hydrogen) atoms. The molecule has 9 heteroatoms. The van der Waals surface area contributed by atoms with E-state index in [1.165, 1.54) is 0 Å². The Bertz CT molecular complexity index is 1610. The highest BCUT2D eigenvalue weighted by atomic mass is 79.9. The average molecular weight is 649 g/mol. The highest BCUT2D eigenvalue weighted by Gasteiger charge is 2.42. The van der Waals surface area contributed by atoms with E-state index in [-0.39, 0.29) is 36.2 Å². The Hall–Kier alpha value is -4.24. The number of carbonyl (C=O) groups is 2. The van der Waals surface area contributed by atoms with E-state index in [4.69, 9.17) is 18.9 Å². The zero-order chi connectivity index (χ0) is 30.7. The Balaban J connectivity index is 1.57. The van der Waals surface area contributed by atoms with Gasteiger partial charge in [-0.05, 0) is 83.1 Å². The Morgan fingerprint density at radius 1 is 0.977 bits per heavy atom. The molecule has 2 atom stereocenters. The molecule has 3 aromatic rings. The first-order valence-electron chi connectivity index (χ1n) is 14.1. The summed E-state index contributed by atoms with van der Waals surface area (Å²) in [5.74, 6) is -0.0226. The van der Waals surface area contributed by atoms with E-state index in [1.54, 1.807) is 26.4 Å². The fourth-order valence-electron chi connectivity index (χ4n) is 5.81. The second-order valence-electron chi connectivity index (χ2n) is 10.5. The number of rotatable bonds is 9. The molecule has 1 heterocycles. The molecule has 1 aliphatic heterocycles. The first kappa shape index (κ1) is 30.2. The smallest absolute Gasteiger partial charge is 0.337 e. The number of aromatic hydroxyl groups is 1. The van der Waals surface area contributed by atoms with Crippen LogP contribution in [0.25, 0.3) is 0 Å². The van der Waals surface area contributed by atoms with Crippen molar-refractivity contribution in [2.75, 3.05) is 20.8 Å². The van der Waals surface area contributed by atoms with E-state index in [9.17, 15) is 14.7 Å². The maximum absolute atomic E-state index is 14.1. The summed E-state index contributed by atoms with van der Waals surface area (Å²) in [5.41, 5.74) is 4.64. The number of Topliss-reactive ketones (excluding diaryl/α,β-unsaturated/α-hetero) is 1. The van der Waals surface area contributed by atoms with Gasteiger partial charge < -0.3 is 29.4 Å². The second-order valence-corrected chi connectivity index (χ2v) is 11.3. The number of phenols is 1. The zero-order valence-electron chi connectivity index (χ0n) is 24.5. The molecule has 0 saturated heterocycles. The van der Waals surface area contributed by atoms with E-state index in [0.29, 0.717) is 51.4 Å². The van der Waals surface area contributed by atoms with Gasteiger partial charge in [0, 0.05) is 29.3 Å². The molecule has 224 valence electrons. The normalized spacial score (nSPS) is 18.1. The van der Waals surface area contributed by atoms with Crippen LogP contribution in [0.2, 0.25) is 0 Å². The topological polar surface area (TPSA) is 103 Å². The molecule has 0 bridgehead atoms. The van der Waals surface area contributed by atoms with Crippen molar-refractivity contribution in [1.29, 1.82) is 0 Å². The zero-order valence-corrected chi connectivity index (χ0v) is 26.1. The summed E-state index contributed by atoms with van der Waals surface area (Å²) in [4.78, 5) is 27.8. The van der Waals surface area contributed by atoms with E-state index in [0.717, 1.165) is 16.8 Å². The van der Waals surface area contributed by atoms with Gasteiger partial charge in [0.1, 0.15) is 6.61 Å². The lowest BCUT2D eigenvalue weighted by molar-refractivity contribution is -0.140. The van der Waals surface area contributed by atoms with Crippen LogP contribution in [0.5, 0.6) is 23.0 Å². The quantitative estimate of drug-likeness (QED) is 0.248. The number of halogens is 1. The molecular formula is C34H34BrNO7. The number of esters is 1. The lowest BCUT2D eigenvalue weighted by Crippen LogP contribution is -2.36. The average Bonchev–Trinajstić information content (AvgIpc) is 3.01. The van der Waals surface area contributed by atoms with Crippen molar-refractivity contribution in [3.05, 3.63) is 104 Å². The van der Waals surface area contributed by atoms with Crippen molar-refractivity contribution < 1.29 is 33.6 Å². The van der Waals surface area contributed by atoms with Gasteiger partial charge in [-0.2, -0.15) is 0 Å². The molecular weight excluding hydrogens is 614 g/mol. The van der Waals surface area contributed by atoms with Crippen LogP contribution in [-0.2, 0) is 20.9 Å². The van der Waals surface area contributed by atoms with Crippen LogP contribution in [0.3, 0.4) is 0 Å². The Morgan fingerprint density at radius 3 is 2.40 bits per heavy atom. The Labute approximate surface area is 259 Å². The van der Waals surface area contributed by atoms with Gasteiger partial charge in [-0.3, -0.25) is 4.79 Å². The predicted octanol–water partition coefficient (Wildman–Crippen LogP) is 6.68. The number of hydrogen-bond donors (Lipinski definition) is 2. The van der Waals surface area contributed by atoms with Crippen molar-refractivity contribution >= 4 is 27.7 Å². The minimum absolute atomic E-state index is 0.0499. The van der Waals surface area contributed by atoms with Crippen molar-refractivity contribution in [2.24, 2.45) is 0 Å². The van der Waals surface area contributed by atoms with Gasteiger partial charge in [0.25, 0.3) is 0 Å². The minimum Gasteiger partial charge on any atom is -0.503 e. The van der Waals surface area contributed by atoms with Crippen LogP contribution in [0.4, 0.5) is 0 Å². The number of hydrogen-bond acceptors (Lipinski definition) is 8. The maximum atomic E-state index is 14.1. The summed E-state index contributed by atoms with van der Waals surface area (Å²) < 4.78 is 22.8. The molecule has 0 radical (unpaired) electrons. The number of benzene rings is 3. The number of phenolic OH excluding ortho intramolecular Hbond substituents is 1. The molecule has 0 fully saturated rings. The highest BCUT2D eigenvalue weighted by Crippen LogP contribution is 2.49. The van der Waals surface area contributed by atoms with Crippen LogP contribution in [-0.4, -0.2) is 37.7 Å². The summed E-state index contributed by atoms with van der Waals surface area (Å²) in [6, 6.07) is 18.5. The van der Waals surface area contributed by atoms with Crippen LogP contribution >= 0.6 is 15.9 Å². The molecule has 2 aliphatic rings. The van der Waals surface area contributed by atoms with Gasteiger partial charge in [-0.15, -0.1) is 0 Å². The summed E-state index contributed by atoms with van der Waals surface area (Å²) in [6.07, 6.45) is 0.795. The minimum atomic E-state index is -0.727. The van der Waals surface area contributed by atoms with Crippen LogP contribution in [0.15, 0.2) is 87.7 Å². The SMILES string of the molecule is CCOc1cc([C@@H]2C(C(=O)OCc3ccccc3)=C(C)NC3=C2C(=O)C[C@@H](c2ccc(OC)c(OC)c2)C3)cc(Br)c1O. The van der Waals surface area contributed by atoms with Crippen LogP contribution < -0.4 is 19.5 Å². The van der Waals surface area contributed by atoms with Crippen molar-refractivity contribution in [3.63, 3.8) is 0 Å². The van der Waals surface area contributed by atoms with Gasteiger partial charge in [-0.1, -0.05) is 36.4 Å². The molecule has 0 spiro atoms. The van der Waals surface area contributed by atoms with Crippen LogP contribution in [0.1, 0.15) is 55.2 Å². The lowest BCUT2D eigenvalue weighted by atomic mass is 9.71. The summed E-state index contributed by atoms with van der Waals surface area (Å²) in [5, 5.41) is 14.0. The third kappa shape index (κ3) is 6.13. The fourth-order valence-corrected chi connectivity index (χ4v) is 6.27. The first-order valence-corrected chi connectivity index (χ1v) is 14.9. The largest absolute Gasteiger partial charge is 0.503 e. The molecule has 3 aromatic carbocycles. The van der Waals surface area contributed by atoms with E-state index in [2.05, 4.69) is 21.2 Å². The molecule has 5 rings (SSSR count). The summed E-state index contributed by atoms with van der Waals surface area (Å²) in [6.45, 7) is 4.06. The number of allylic oxidation sites excluding steroid dienone is 3. The van der Waals surface area contributed by atoms with Crippen molar-refractivity contribution in [3.8, 4) is 23.0 Å². The van der Waals surface area contributed by atoms with E-state index in [1.807, 2.05) is 62.4 Å². The van der Waals surface area contributed by atoms with Crippen LogP contribution in [0, 0.1) is 0 Å². The second kappa shape index (κ2) is 13.0. The molecule has 0 amide bonds. The number of nitrogens with one attached hydrogen (secondary N) is 1. The standard InChI is InChI=1S/C34H34BrNO7/c1-5-42-29-17-23(13-24(35)33(29)38)31-30(34(39)43-18-20-9-7-6-8-10-20)19(2)36-25-14-22(15-26(37)32(25)31)21-11-12-27(40-3)28(16-21)41-4/h6-13,16-17,22,31,36,38H,5,14-15,18H2,1-4H3/t22-,31+/m0/s1. The van der Waals surface area contributed by atoms with Crippen molar-refractivity contribution in [2.45, 2.75) is 45.1 Å². The fraction of sp³-hybridized carbons (Fsp3) is 0.294. The molecule has 8 nitrogen and oxygen atoms in total. The lowest BCUT2D eigenvalue weighted by Gasteiger charge is -2.37. The predicted molar refractivity (Wildman–Crippen MR) is 165 cm³/mol. The molecule has 0 aromatic heterocycles. The molecule has 0 saturated carbocycles. The Morgan fingerprint density at radius 2 is 1.70 bits per heavy atom. The number of ketones is 1. The molecule has 0 unspecified atom stereocenters. The summed E-state index contributed by atoms with van der Waals surface area (Å²) in [7, 11) is 3.17. The van der Waals surface area contributed by atoms with Gasteiger partial charge in [0.15, 0.2) is 28.8 Å². The van der Waals surface area contributed by atoms with Crippen molar-refractivity contribution in [1.82, 2.24) is 5.32 Å². The maximum Gasteiger partial charge on any atom is 0.337 e. The number of ether oxygens (including phenoxy) is 4. The van der Waals surface area contributed by atoms with Gasteiger partial charge >= 0.3 is 5.97 Å². The Kier molecular flexibility index (Phi) is 9.11. The number of methoxy groups -OCH3 is 2. The van der Waals surface area contributed by atoms with E-state index < -0.39 is 11.9 Å². The third-order valence-electron chi connectivity index (χ3n) is 7.82. The third-order valence-corrected chi connectivity index (χ3v) is 8.43. The molecule has 2 N–H and O–H groups in total. The first-order chi connectivity index (χ1) is 20.7. The number of dihydropyridines is 1.